The molecule has 4 N–H and O–H groups in total. The topological polar surface area (TPSA) is 108 Å². The zero-order valence-electron chi connectivity index (χ0n) is 15.8. The second-order valence-electron chi connectivity index (χ2n) is 6.65. The van der Waals surface area contributed by atoms with E-state index in [1.54, 1.807) is 17.6 Å². The highest BCUT2D eigenvalue weighted by atomic mass is 16.5. The lowest BCUT2D eigenvalue weighted by Crippen LogP contribution is -2.44. The van der Waals surface area contributed by atoms with Crippen molar-refractivity contribution in [2.75, 3.05) is 5.32 Å². The lowest BCUT2D eigenvalue weighted by atomic mass is 10.0. The van der Waals surface area contributed by atoms with E-state index in [-0.39, 0.29) is 17.4 Å². The summed E-state index contributed by atoms with van der Waals surface area (Å²) in [7, 11) is 0. The van der Waals surface area contributed by atoms with Gasteiger partial charge in [0, 0.05) is 24.6 Å². The molecule has 3 aromatic rings. The Morgan fingerprint density at radius 1 is 0.931 bits per heavy atom. The summed E-state index contributed by atoms with van der Waals surface area (Å²) in [6, 6.07) is 19.1. The normalized spacial score (nSPS) is 11.5. The zero-order chi connectivity index (χ0) is 20.8. The molecule has 3 rings (SSSR count). The Morgan fingerprint density at radius 2 is 1.62 bits per heavy atom. The molecule has 0 unspecified atom stereocenters. The van der Waals surface area contributed by atoms with Gasteiger partial charge in [-0.3, -0.25) is 19.6 Å². The fourth-order valence-corrected chi connectivity index (χ4v) is 3.05. The fourth-order valence-electron chi connectivity index (χ4n) is 3.05. The minimum absolute atomic E-state index is 0.250. The summed E-state index contributed by atoms with van der Waals surface area (Å²) in [6.07, 6.45) is 0.335. The van der Waals surface area contributed by atoms with Crippen molar-refractivity contribution in [1.82, 2.24) is 10.8 Å². The van der Waals surface area contributed by atoms with E-state index in [1.165, 1.54) is 19.1 Å². The highest BCUT2D eigenvalue weighted by Crippen LogP contribution is 2.17. The first-order valence-corrected chi connectivity index (χ1v) is 9.06. The second kappa shape index (κ2) is 8.99. The molecule has 7 heteroatoms. The molecule has 3 aromatic carbocycles. The number of benzene rings is 3. The van der Waals surface area contributed by atoms with Crippen molar-refractivity contribution in [3.05, 3.63) is 77.9 Å². The standard InChI is InChI=1S/C22H21N3O4/c1-14(26)23-20(13-15-6-7-16-4-2-3-5-18(16)12-15)22(28)24-19-10-8-17(9-11-19)21(27)25-29/h2-12,20,29H,13H2,1H3,(H,23,26)(H,24,28)(H,25,27)/t20-/m1/s1. The summed E-state index contributed by atoms with van der Waals surface area (Å²) >= 11 is 0. The van der Waals surface area contributed by atoms with Crippen molar-refractivity contribution < 1.29 is 19.6 Å². The van der Waals surface area contributed by atoms with E-state index >= 15 is 0 Å². The molecule has 0 bridgehead atoms. The fraction of sp³-hybridized carbons (Fsp3) is 0.136. The van der Waals surface area contributed by atoms with E-state index < -0.39 is 11.9 Å². The van der Waals surface area contributed by atoms with Crippen LogP contribution >= 0.6 is 0 Å². The van der Waals surface area contributed by atoms with Crippen LogP contribution in [0.5, 0.6) is 0 Å². The van der Waals surface area contributed by atoms with E-state index in [1.807, 2.05) is 42.5 Å². The minimum atomic E-state index is -0.755. The maximum Gasteiger partial charge on any atom is 0.274 e. The molecule has 148 valence electrons. The summed E-state index contributed by atoms with van der Waals surface area (Å²) < 4.78 is 0. The van der Waals surface area contributed by atoms with Gasteiger partial charge in [0.25, 0.3) is 5.91 Å². The molecule has 3 amide bonds. The molecule has 0 fully saturated rings. The van der Waals surface area contributed by atoms with Crippen molar-refractivity contribution >= 4 is 34.2 Å². The number of anilines is 1. The van der Waals surface area contributed by atoms with Crippen LogP contribution in [0.3, 0.4) is 0 Å². The van der Waals surface area contributed by atoms with Crippen LogP contribution in [-0.4, -0.2) is 29.0 Å². The third-order valence-corrected chi connectivity index (χ3v) is 4.46. The lowest BCUT2D eigenvalue weighted by Gasteiger charge is -2.18. The van der Waals surface area contributed by atoms with Gasteiger partial charge in [-0.25, -0.2) is 5.48 Å². The summed E-state index contributed by atoms with van der Waals surface area (Å²) in [5.41, 5.74) is 3.19. The molecule has 0 aliphatic rings. The predicted molar refractivity (Wildman–Crippen MR) is 110 cm³/mol. The Kier molecular flexibility index (Phi) is 6.21. The average Bonchev–Trinajstić information content (AvgIpc) is 2.72. The van der Waals surface area contributed by atoms with Gasteiger partial charge in [0.15, 0.2) is 0 Å². The van der Waals surface area contributed by atoms with Gasteiger partial charge in [-0.15, -0.1) is 0 Å². The van der Waals surface area contributed by atoms with Crippen LogP contribution < -0.4 is 16.1 Å². The summed E-state index contributed by atoms with van der Waals surface area (Å²) in [6.45, 7) is 1.36. The van der Waals surface area contributed by atoms with Crippen molar-refractivity contribution in [1.29, 1.82) is 0 Å². The van der Waals surface area contributed by atoms with E-state index in [2.05, 4.69) is 10.6 Å². The molecule has 0 aliphatic heterocycles. The summed E-state index contributed by atoms with van der Waals surface area (Å²) in [5, 5.41) is 16.2. The van der Waals surface area contributed by atoms with Gasteiger partial charge in [0.1, 0.15) is 6.04 Å². The Bertz CT molecular complexity index is 1050. The number of nitrogens with one attached hydrogen (secondary N) is 3. The molecule has 0 heterocycles. The zero-order valence-corrected chi connectivity index (χ0v) is 15.8. The van der Waals surface area contributed by atoms with Gasteiger partial charge < -0.3 is 10.6 Å². The molecule has 29 heavy (non-hydrogen) atoms. The number of hydrogen-bond acceptors (Lipinski definition) is 4. The molecule has 0 saturated carbocycles. The quantitative estimate of drug-likeness (QED) is 0.383. The van der Waals surface area contributed by atoms with Gasteiger partial charge in [0.05, 0.1) is 0 Å². The van der Waals surface area contributed by atoms with Crippen LogP contribution in [0, 0.1) is 0 Å². The molecule has 0 aromatic heterocycles. The average molecular weight is 391 g/mol. The molecule has 7 nitrogen and oxygen atoms in total. The van der Waals surface area contributed by atoms with Gasteiger partial charge in [-0.2, -0.15) is 0 Å². The number of carbonyl (C=O) groups is 3. The number of rotatable bonds is 6. The first-order chi connectivity index (χ1) is 14.0. The predicted octanol–water partition coefficient (Wildman–Crippen LogP) is 2.64. The Labute approximate surface area is 167 Å². The van der Waals surface area contributed by atoms with Gasteiger partial charge in [-0.1, -0.05) is 42.5 Å². The van der Waals surface area contributed by atoms with Crippen LogP contribution in [0.1, 0.15) is 22.8 Å². The second-order valence-corrected chi connectivity index (χ2v) is 6.65. The number of hydroxylamine groups is 1. The Morgan fingerprint density at radius 3 is 2.28 bits per heavy atom. The van der Waals surface area contributed by atoms with Crippen molar-refractivity contribution in [2.45, 2.75) is 19.4 Å². The lowest BCUT2D eigenvalue weighted by molar-refractivity contribution is -0.125. The smallest absolute Gasteiger partial charge is 0.274 e. The third kappa shape index (κ3) is 5.18. The highest BCUT2D eigenvalue weighted by molar-refractivity contribution is 5.98. The van der Waals surface area contributed by atoms with Gasteiger partial charge >= 0.3 is 0 Å². The third-order valence-electron chi connectivity index (χ3n) is 4.46. The van der Waals surface area contributed by atoms with Gasteiger partial charge in [0.2, 0.25) is 11.8 Å². The minimum Gasteiger partial charge on any atom is -0.344 e. The van der Waals surface area contributed by atoms with Crippen molar-refractivity contribution in [3.63, 3.8) is 0 Å². The maximum absolute atomic E-state index is 12.7. The SMILES string of the molecule is CC(=O)N[C@H](Cc1ccc2ccccc2c1)C(=O)Nc1ccc(C(=O)NO)cc1. The molecule has 0 spiro atoms. The van der Waals surface area contributed by atoms with Crippen LogP contribution in [0.25, 0.3) is 10.8 Å². The van der Waals surface area contributed by atoms with Crippen LogP contribution in [-0.2, 0) is 16.0 Å². The summed E-state index contributed by atoms with van der Waals surface area (Å²) in [4.78, 5) is 35.7. The monoisotopic (exact) mass is 391 g/mol. The molecular formula is C22H21N3O4. The van der Waals surface area contributed by atoms with Gasteiger partial charge in [-0.05, 0) is 40.6 Å². The number of amides is 3. The highest BCUT2D eigenvalue weighted by Gasteiger charge is 2.20. The van der Waals surface area contributed by atoms with E-state index in [0.29, 0.717) is 12.1 Å². The molecule has 0 aliphatic carbocycles. The van der Waals surface area contributed by atoms with Crippen LogP contribution in [0.15, 0.2) is 66.7 Å². The van der Waals surface area contributed by atoms with E-state index in [0.717, 1.165) is 16.3 Å². The van der Waals surface area contributed by atoms with E-state index in [4.69, 9.17) is 5.21 Å². The number of fused-ring (bicyclic) bond motifs is 1. The van der Waals surface area contributed by atoms with Crippen molar-refractivity contribution in [3.8, 4) is 0 Å². The molecule has 0 radical (unpaired) electrons. The number of hydrogen-bond donors (Lipinski definition) is 4. The van der Waals surface area contributed by atoms with E-state index in [9.17, 15) is 14.4 Å². The Balaban J connectivity index is 1.75. The van der Waals surface area contributed by atoms with Crippen LogP contribution in [0.2, 0.25) is 0 Å². The molecular weight excluding hydrogens is 370 g/mol. The summed E-state index contributed by atoms with van der Waals surface area (Å²) in [5.74, 6) is -1.32. The first-order valence-electron chi connectivity index (χ1n) is 9.06. The first kappa shape index (κ1) is 20.0. The maximum atomic E-state index is 12.7. The molecule has 0 saturated heterocycles. The number of carbonyl (C=O) groups excluding carboxylic acids is 3. The van der Waals surface area contributed by atoms with Crippen LogP contribution in [0.4, 0.5) is 5.69 Å². The van der Waals surface area contributed by atoms with Crippen molar-refractivity contribution in [2.24, 2.45) is 0 Å². The largest absolute Gasteiger partial charge is 0.344 e. The molecule has 1 atom stereocenters. The Hall–Kier alpha value is -3.71.